The first-order valence-corrected chi connectivity index (χ1v) is 10.1. The van der Waals surface area contributed by atoms with Crippen molar-refractivity contribution < 1.29 is 14.0 Å². The molecule has 0 saturated carbocycles. The molecule has 0 fully saturated rings. The van der Waals surface area contributed by atoms with Crippen LogP contribution in [0.1, 0.15) is 33.3 Å². The van der Waals surface area contributed by atoms with E-state index in [0.717, 1.165) is 0 Å². The van der Waals surface area contributed by atoms with Gasteiger partial charge in [-0.3, -0.25) is 19.6 Å². The molecule has 1 aromatic heterocycles. The zero-order valence-corrected chi connectivity index (χ0v) is 17.5. The van der Waals surface area contributed by atoms with E-state index in [4.69, 9.17) is 0 Å². The molecule has 4 rings (SSSR count). The predicted octanol–water partition coefficient (Wildman–Crippen LogP) is 2.66. The number of carbonyl (C=O) groups excluding carboxylic acids is 2. The summed E-state index contributed by atoms with van der Waals surface area (Å²) >= 11 is 0. The topological polar surface area (TPSA) is 74.0 Å². The van der Waals surface area contributed by atoms with Gasteiger partial charge in [-0.2, -0.15) is 5.10 Å². The first-order chi connectivity index (χ1) is 14.3. The number of amidine groups is 1. The Morgan fingerprint density at radius 2 is 1.83 bits per heavy atom. The van der Waals surface area contributed by atoms with Gasteiger partial charge >= 0.3 is 6.03 Å². The third-order valence-electron chi connectivity index (χ3n) is 5.31. The quantitative estimate of drug-likeness (QED) is 0.758. The Hall–Kier alpha value is -3.23. The van der Waals surface area contributed by atoms with Crippen LogP contribution in [0.15, 0.2) is 35.5 Å². The lowest BCUT2D eigenvalue weighted by atomic mass is 10.2. The van der Waals surface area contributed by atoms with E-state index in [1.807, 2.05) is 27.7 Å². The number of hydrogen-bond donors (Lipinski definition) is 0. The number of carbonyl (C=O) groups is 2. The lowest BCUT2D eigenvalue weighted by Gasteiger charge is -2.37. The van der Waals surface area contributed by atoms with Crippen LogP contribution in [-0.2, 0) is 4.79 Å². The summed E-state index contributed by atoms with van der Waals surface area (Å²) in [5, 5.41) is 4.43. The number of halogens is 1. The minimum Gasteiger partial charge on any atom is -0.336 e. The third-order valence-corrected chi connectivity index (χ3v) is 5.31. The molecule has 2 aliphatic heterocycles. The van der Waals surface area contributed by atoms with Crippen LogP contribution in [0.25, 0.3) is 5.69 Å². The first-order valence-electron chi connectivity index (χ1n) is 10.1. The molecule has 2 aromatic rings. The Morgan fingerprint density at radius 1 is 1.17 bits per heavy atom. The third kappa shape index (κ3) is 3.24. The molecule has 3 amide bonds. The summed E-state index contributed by atoms with van der Waals surface area (Å²) in [5.74, 6) is 0.533. The van der Waals surface area contributed by atoms with Gasteiger partial charge in [-0.25, -0.2) is 13.9 Å². The van der Waals surface area contributed by atoms with Gasteiger partial charge in [0.2, 0.25) is 5.91 Å². The minimum absolute atomic E-state index is 0.00258. The smallest absolute Gasteiger partial charge is 0.331 e. The molecule has 0 N–H and O–H groups in total. The highest BCUT2D eigenvalue weighted by atomic mass is 19.1. The average molecular weight is 412 g/mol. The van der Waals surface area contributed by atoms with Gasteiger partial charge in [-0.05, 0) is 52.0 Å². The molecule has 2 aliphatic rings. The number of nitrogens with zero attached hydrogens (tertiary/aromatic N) is 6. The molecular weight excluding hydrogens is 387 g/mol. The van der Waals surface area contributed by atoms with Crippen molar-refractivity contribution in [3.8, 4) is 5.69 Å². The van der Waals surface area contributed by atoms with Crippen molar-refractivity contribution in [2.45, 2.75) is 39.8 Å². The van der Waals surface area contributed by atoms with Gasteiger partial charge in [0, 0.05) is 18.6 Å². The van der Waals surface area contributed by atoms with Crippen molar-refractivity contribution in [1.82, 2.24) is 19.6 Å². The molecule has 0 unspecified atom stereocenters. The fourth-order valence-electron chi connectivity index (χ4n) is 4.16. The molecule has 9 heteroatoms. The minimum atomic E-state index is -0.362. The predicted molar refractivity (Wildman–Crippen MR) is 111 cm³/mol. The molecule has 0 aliphatic carbocycles. The van der Waals surface area contributed by atoms with Crippen molar-refractivity contribution in [2.75, 3.05) is 24.5 Å². The van der Waals surface area contributed by atoms with Crippen LogP contribution in [0.2, 0.25) is 0 Å². The summed E-state index contributed by atoms with van der Waals surface area (Å²) in [4.78, 5) is 35.7. The number of amides is 3. The van der Waals surface area contributed by atoms with Gasteiger partial charge < -0.3 is 4.90 Å². The average Bonchev–Trinajstić information content (AvgIpc) is 3.32. The van der Waals surface area contributed by atoms with E-state index < -0.39 is 0 Å². The Balaban J connectivity index is 1.79. The lowest BCUT2D eigenvalue weighted by Crippen LogP contribution is -2.55. The van der Waals surface area contributed by atoms with Crippen molar-refractivity contribution in [3.63, 3.8) is 0 Å². The second-order valence-electron chi connectivity index (χ2n) is 7.98. The number of aliphatic imine (C=N–C) groups is 1. The summed E-state index contributed by atoms with van der Waals surface area (Å²) in [6.07, 6.45) is 1.64. The maximum atomic E-state index is 13.4. The Kier molecular flexibility index (Phi) is 5.05. The highest BCUT2D eigenvalue weighted by Crippen LogP contribution is 2.33. The molecule has 30 heavy (non-hydrogen) atoms. The van der Waals surface area contributed by atoms with E-state index in [0.29, 0.717) is 36.0 Å². The highest BCUT2D eigenvalue weighted by molar-refractivity contribution is 6.20. The monoisotopic (exact) mass is 412 g/mol. The molecule has 1 aromatic carbocycles. The fraction of sp³-hybridized carbons (Fsp3) is 0.429. The Labute approximate surface area is 174 Å². The molecule has 8 nitrogen and oxygen atoms in total. The summed E-state index contributed by atoms with van der Waals surface area (Å²) in [5.41, 5.74) is 1.28. The molecule has 0 spiro atoms. The highest BCUT2D eigenvalue weighted by Gasteiger charge is 2.41. The number of aromatic nitrogens is 2. The van der Waals surface area contributed by atoms with E-state index in [1.165, 1.54) is 17.0 Å². The van der Waals surface area contributed by atoms with Crippen LogP contribution < -0.4 is 4.90 Å². The van der Waals surface area contributed by atoms with E-state index in [1.54, 1.807) is 32.8 Å². The van der Waals surface area contributed by atoms with Gasteiger partial charge in [0.1, 0.15) is 18.2 Å². The van der Waals surface area contributed by atoms with Crippen molar-refractivity contribution in [3.05, 3.63) is 41.8 Å². The molecule has 0 atom stereocenters. The second kappa shape index (κ2) is 7.55. The summed E-state index contributed by atoms with van der Waals surface area (Å²) in [6, 6.07) is 5.55. The van der Waals surface area contributed by atoms with Crippen LogP contribution >= 0.6 is 0 Å². The Bertz CT molecular complexity index is 1000. The maximum Gasteiger partial charge on any atom is 0.331 e. The van der Waals surface area contributed by atoms with Crippen LogP contribution in [-0.4, -0.2) is 69.1 Å². The van der Waals surface area contributed by atoms with Gasteiger partial charge in [0.05, 0.1) is 24.0 Å². The van der Waals surface area contributed by atoms with Crippen LogP contribution in [0.4, 0.5) is 15.0 Å². The standard InChI is InChI=1S/C21H25FN6O2/c1-13(2)27(14(3)4)18(29)12-26-20-17(19-23-9-10-25(19)21(26)30)11-24-28(20)16-7-5-15(22)6-8-16/h5-8,11,13-14H,9-10,12H2,1-4H3. The molecule has 0 radical (unpaired) electrons. The van der Waals surface area contributed by atoms with E-state index >= 15 is 0 Å². The summed E-state index contributed by atoms with van der Waals surface area (Å²) in [6.45, 7) is 8.68. The number of benzene rings is 1. The fourth-order valence-corrected chi connectivity index (χ4v) is 4.16. The van der Waals surface area contributed by atoms with E-state index in [2.05, 4.69) is 10.1 Å². The molecule has 0 saturated heterocycles. The van der Waals surface area contributed by atoms with Crippen molar-refractivity contribution in [1.29, 1.82) is 0 Å². The van der Waals surface area contributed by atoms with E-state index in [-0.39, 0.29) is 36.4 Å². The zero-order chi connectivity index (χ0) is 21.6. The Morgan fingerprint density at radius 3 is 2.47 bits per heavy atom. The summed E-state index contributed by atoms with van der Waals surface area (Å²) < 4.78 is 15.0. The number of hydrogen-bond acceptors (Lipinski definition) is 4. The number of urea groups is 1. The van der Waals surface area contributed by atoms with Crippen molar-refractivity contribution in [2.24, 2.45) is 4.99 Å². The molecule has 158 valence electrons. The molecule has 3 heterocycles. The second-order valence-corrected chi connectivity index (χ2v) is 7.98. The van der Waals surface area contributed by atoms with Gasteiger partial charge in [0.15, 0.2) is 5.82 Å². The zero-order valence-electron chi connectivity index (χ0n) is 17.5. The van der Waals surface area contributed by atoms with Crippen molar-refractivity contribution >= 4 is 23.6 Å². The number of fused-ring (bicyclic) bond motifs is 3. The van der Waals surface area contributed by atoms with Gasteiger partial charge in [0.25, 0.3) is 0 Å². The SMILES string of the molecule is CC(C)N(C(=O)CN1C(=O)N2CCN=C2c2cnn(-c3ccc(F)cc3)c21)C(C)C. The normalized spacial score (nSPS) is 15.6. The van der Waals surface area contributed by atoms with Crippen LogP contribution in [0, 0.1) is 5.82 Å². The van der Waals surface area contributed by atoms with Crippen LogP contribution in [0.3, 0.4) is 0 Å². The van der Waals surface area contributed by atoms with Gasteiger partial charge in [-0.15, -0.1) is 0 Å². The van der Waals surface area contributed by atoms with E-state index in [9.17, 15) is 14.0 Å². The summed E-state index contributed by atoms with van der Waals surface area (Å²) in [7, 11) is 0. The molecular formula is C21H25FN6O2. The largest absolute Gasteiger partial charge is 0.336 e. The maximum absolute atomic E-state index is 13.4. The lowest BCUT2D eigenvalue weighted by molar-refractivity contribution is -0.133. The van der Waals surface area contributed by atoms with Gasteiger partial charge in [-0.1, -0.05) is 0 Å². The first kappa shape index (κ1) is 20.1. The van der Waals surface area contributed by atoms with Crippen LogP contribution in [0.5, 0.6) is 0 Å². The molecule has 0 bridgehead atoms. The number of anilines is 1. The number of rotatable bonds is 5.